The highest BCUT2D eigenvalue weighted by Gasteiger charge is 2.15. The molecule has 134 valence electrons. The van der Waals surface area contributed by atoms with Crippen molar-refractivity contribution >= 4 is 34.3 Å². The normalized spacial score (nSPS) is 11.3. The molecule has 0 heterocycles. The molecule has 0 amide bonds. The Balaban J connectivity index is 1.67. The van der Waals surface area contributed by atoms with E-state index in [-0.39, 0.29) is 18.4 Å². The fourth-order valence-electron chi connectivity index (χ4n) is 2.20. The molecule has 0 bridgehead atoms. The topological polar surface area (TPSA) is 52.6 Å². The number of fused-ring (bicyclic) bond motifs is 1. The molecule has 0 saturated carbocycles. The molecule has 0 aliphatic heterocycles. The Morgan fingerprint density at radius 1 is 1.04 bits per heavy atom. The third kappa shape index (κ3) is 7.18. The van der Waals surface area contributed by atoms with Crippen LogP contribution >= 0.6 is 11.8 Å². The summed E-state index contributed by atoms with van der Waals surface area (Å²) in [4.78, 5) is 23.5. The van der Waals surface area contributed by atoms with Gasteiger partial charge in [-0.25, -0.2) is 0 Å². The van der Waals surface area contributed by atoms with Crippen LogP contribution in [-0.4, -0.2) is 35.5 Å². The maximum Gasteiger partial charge on any atom is 0.307 e. The van der Waals surface area contributed by atoms with Crippen LogP contribution in [-0.2, 0) is 14.3 Å². The molecule has 0 atom stereocenters. The first kappa shape index (κ1) is 19.3. The maximum atomic E-state index is 11.9. The van der Waals surface area contributed by atoms with Gasteiger partial charge in [-0.2, -0.15) is 11.8 Å². The Bertz CT molecular complexity index is 734. The lowest BCUT2D eigenvalue weighted by atomic mass is 10.1. The van der Waals surface area contributed by atoms with Crippen molar-refractivity contribution in [1.82, 2.24) is 0 Å². The number of carbonyl (C=O) groups is 2. The van der Waals surface area contributed by atoms with E-state index in [1.807, 2.05) is 63.2 Å². The summed E-state index contributed by atoms with van der Waals surface area (Å²) in [5, 5.41) is 2.22. The Morgan fingerprint density at radius 2 is 1.76 bits per heavy atom. The lowest BCUT2D eigenvalue weighted by Gasteiger charge is -2.19. The number of rotatable bonds is 8. The summed E-state index contributed by atoms with van der Waals surface area (Å²) < 4.78 is 10.8. The largest absolute Gasteiger partial charge is 0.486 e. The van der Waals surface area contributed by atoms with Crippen molar-refractivity contribution in [2.45, 2.75) is 32.8 Å². The number of hydrogen-bond acceptors (Lipinski definition) is 5. The van der Waals surface area contributed by atoms with Gasteiger partial charge in [-0.05, 0) is 43.7 Å². The van der Waals surface area contributed by atoms with Crippen molar-refractivity contribution < 1.29 is 19.1 Å². The van der Waals surface area contributed by atoms with Crippen LogP contribution in [0.15, 0.2) is 42.5 Å². The summed E-state index contributed by atoms with van der Waals surface area (Å²) in [5.74, 6) is 1.35. The summed E-state index contributed by atoms with van der Waals surface area (Å²) in [6, 6.07) is 13.8. The Labute approximate surface area is 152 Å². The fourth-order valence-corrected chi connectivity index (χ4v) is 2.96. The molecular weight excluding hydrogens is 336 g/mol. The Kier molecular flexibility index (Phi) is 6.88. The van der Waals surface area contributed by atoms with Gasteiger partial charge in [-0.15, -0.1) is 0 Å². The molecule has 0 aliphatic rings. The number of ether oxygens (including phenoxy) is 2. The molecule has 0 radical (unpaired) electrons. The number of carbonyl (C=O) groups excluding carboxylic acids is 2. The van der Waals surface area contributed by atoms with Crippen LogP contribution in [0.25, 0.3) is 10.8 Å². The minimum absolute atomic E-state index is 0.00217. The number of benzene rings is 2. The SMILES string of the molecule is CC(C)(C)OC(=O)CCSCC(=O)COc1ccc2ccccc2c1. The van der Waals surface area contributed by atoms with E-state index in [1.54, 1.807) is 0 Å². The van der Waals surface area contributed by atoms with Crippen molar-refractivity contribution in [3.05, 3.63) is 42.5 Å². The zero-order valence-corrected chi connectivity index (χ0v) is 15.7. The molecule has 0 N–H and O–H groups in total. The molecule has 0 aliphatic carbocycles. The molecule has 25 heavy (non-hydrogen) atoms. The number of Topliss-reactive ketones (excluding diaryl/α,β-unsaturated/α-hetero) is 1. The van der Waals surface area contributed by atoms with E-state index in [1.165, 1.54) is 11.8 Å². The minimum atomic E-state index is -0.467. The Morgan fingerprint density at radius 3 is 2.48 bits per heavy atom. The first-order valence-electron chi connectivity index (χ1n) is 8.26. The second kappa shape index (κ2) is 8.90. The van der Waals surface area contributed by atoms with Gasteiger partial charge in [-0.3, -0.25) is 9.59 Å². The highest BCUT2D eigenvalue weighted by atomic mass is 32.2. The van der Waals surface area contributed by atoms with E-state index in [0.717, 1.165) is 10.8 Å². The van der Waals surface area contributed by atoms with Gasteiger partial charge in [0.2, 0.25) is 0 Å². The van der Waals surface area contributed by atoms with E-state index in [0.29, 0.717) is 23.7 Å². The van der Waals surface area contributed by atoms with Gasteiger partial charge >= 0.3 is 5.97 Å². The smallest absolute Gasteiger partial charge is 0.307 e. The van der Waals surface area contributed by atoms with Crippen molar-refractivity contribution in [2.75, 3.05) is 18.1 Å². The van der Waals surface area contributed by atoms with Crippen molar-refractivity contribution in [3.63, 3.8) is 0 Å². The molecule has 4 nitrogen and oxygen atoms in total. The van der Waals surface area contributed by atoms with Gasteiger partial charge in [0, 0.05) is 5.75 Å². The molecule has 2 rings (SSSR count). The number of hydrogen-bond donors (Lipinski definition) is 0. The standard InChI is InChI=1S/C20H24O4S/c1-20(2,3)24-19(22)10-11-25-14-17(21)13-23-18-9-8-15-6-4-5-7-16(15)12-18/h4-9,12H,10-11,13-14H2,1-3H3. The third-order valence-electron chi connectivity index (χ3n) is 3.25. The lowest BCUT2D eigenvalue weighted by molar-refractivity contribution is -0.154. The summed E-state index contributed by atoms with van der Waals surface area (Å²) >= 11 is 1.42. The number of esters is 1. The monoisotopic (exact) mass is 360 g/mol. The van der Waals surface area contributed by atoms with E-state index in [4.69, 9.17) is 9.47 Å². The first-order chi connectivity index (χ1) is 11.8. The molecule has 0 unspecified atom stereocenters. The zero-order valence-electron chi connectivity index (χ0n) is 14.9. The molecular formula is C20H24O4S. The van der Waals surface area contributed by atoms with Gasteiger partial charge in [0.15, 0.2) is 5.78 Å². The number of ketones is 1. The van der Waals surface area contributed by atoms with Crippen LogP contribution in [0.1, 0.15) is 27.2 Å². The third-order valence-corrected chi connectivity index (χ3v) is 4.27. The van der Waals surface area contributed by atoms with Crippen LogP contribution in [0, 0.1) is 0 Å². The van der Waals surface area contributed by atoms with Crippen LogP contribution in [0.4, 0.5) is 0 Å². The Hall–Kier alpha value is -2.01. The van der Waals surface area contributed by atoms with Crippen molar-refractivity contribution in [1.29, 1.82) is 0 Å². The van der Waals surface area contributed by atoms with Gasteiger partial charge in [0.25, 0.3) is 0 Å². The van der Waals surface area contributed by atoms with Crippen LogP contribution < -0.4 is 4.74 Å². The summed E-state index contributed by atoms with van der Waals surface area (Å²) in [7, 11) is 0. The van der Waals surface area contributed by atoms with E-state index >= 15 is 0 Å². The van der Waals surface area contributed by atoms with E-state index < -0.39 is 5.60 Å². The molecule has 2 aromatic carbocycles. The minimum Gasteiger partial charge on any atom is -0.486 e. The van der Waals surface area contributed by atoms with Crippen molar-refractivity contribution in [2.24, 2.45) is 0 Å². The predicted octanol–water partition coefficient (Wildman–Crippen LogP) is 4.25. The van der Waals surface area contributed by atoms with Gasteiger partial charge in [0.1, 0.15) is 18.0 Å². The van der Waals surface area contributed by atoms with E-state index in [9.17, 15) is 9.59 Å². The van der Waals surface area contributed by atoms with Gasteiger partial charge in [-0.1, -0.05) is 30.3 Å². The van der Waals surface area contributed by atoms with Crippen LogP contribution in [0.2, 0.25) is 0 Å². The number of thioether (sulfide) groups is 1. The average Bonchev–Trinajstić information content (AvgIpc) is 2.55. The lowest BCUT2D eigenvalue weighted by Crippen LogP contribution is -2.24. The molecule has 0 spiro atoms. The zero-order chi connectivity index (χ0) is 18.3. The summed E-state index contributed by atoms with van der Waals surface area (Å²) in [6.07, 6.45) is 0.306. The molecule has 2 aromatic rings. The molecule has 5 heteroatoms. The molecule has 0 saturated heterocycles. The first-order valence-corrected chi connectivity index (χ1v) is 9.42. The van der Waals surface area contributed by atoms with Crippen molar-refractivity contribution in [3.8, 4) is 5.75 Å². The fraction of sp³-hybridized carbons (Fsp3) is 0.400. The van der Waals surface area contributed by atoms with Gasteiger partial charge in [0.05, 0.1) is 12.2 Å². The second-order valence-electron chi connectivity index (χ2n) is 6.73. The highest BCUT2D eigenvalue weighted by molar-refractivity contribution is 7.99. The maximum absolute atomic E-state index is 11.9. The summed E-state index contributed by atoms with van der Waals surface area (Å²) in [6.45, 7) is 5.56. The highest BCUT2D eigenvalue weighted by Crippen LogP contribution is 2.20. The quantitative estimate of drug-likeness (QED) is 0.520. The van der Waals surface area contributed by atoms with E-state index in [2.05, 4.69) is 0 Å². The molecule has 0 fully saturated rings. The second-order valence-corrected chi connectivity index (χ2v) is 7.83. The molecule has 0 aromatic heterocycles. The van der Waals surface area contributed by atoms with Gasteiger partial charge < -0.3 is 9.47 Å². The average molecular weight is 360 g/mol. The van der Waals surface area contributed by atoms with Crippen LogP contribution in [0.5, 0.6) is 5.75 Å². The summed E-state index contributed by atoms with van der Waals surface area (Å²) in [5.41, 5.74) is -0.467. The predicted molar refractivity (Wildman–Crippen MR) is 102 cm³/mol. The van der Waals surface area contributed by atoms with Crippen LogP contribution in [0.3, 0.4) is 0 Å².